The van der Waals surface area contributed by atoms with Gasteiger partial charge in [-0.3, -0.25) is 4.98 Å². The normalized spacial score (nSPS) is 10.6. The SMILES string of the molecule is O=C(O)c1ccc(Sc2cnc3ccccc3n2)cc1. The van der Waals surface area contributed by atoms with Crippen LogP contribution in [0.4, 0.5) is 0 Å². The number of carboxylic acid groups (broad SMARTS) is 1. The summed E-state index contributed by atoms with van der Waals surface area (Å²) >= 11 is 1.46. The maximum absolute atomic E-state index is 10.8. The Labute approximate surface area is 119 Å². The standard InChI is InChI=1S/C15H10N2O2S/c18-15(19)10-5-7-11(8-6-10)20-14-9-16-12-3-1-2-4-13(12)17-14/h1-9H,(H,18,19). The summed E-state index contributed by atoms with van der Waals surface area (Å²) in [6.07, 6.45) is 1.72. The number of hydrogen-bond donors (Lipinski definition) is 1. The number of rotatable bonds is 3. The molecule has 0 unspecified atom stereocenters. The molecule has 0 bridgehead atoms. The molecule has 0 spiro atoms. The van der Waals surface area contributed by atoms with Gasteiger partial charge in [0.1, 0.15) is 5.03 Å². The first-order valence-electron chi connectivity index (χ1n) is 5.95. The Kier molecular flexibility index (Phi) is 3.35. The largest absolute Gasteiger partial charge is 0.478 e. The number of carbonyl (C=O) groups is 1. The van der Waals surface area contributed by atoms with Crippen molar-refractivity contribution in [3.05, 3.63) is 60.3 Å². The molecule has 0 saturated heterocycles. The number of benzene rings is 2. The quantitative estimate of drug-likeness (QED) is 0.796. The number of para-hydroxylation sites is 2. The zero-order valence-electron chi connectivity index (χ0n) is 10.4. The van der Waals surface area contributed by atoms with E-state index in [1.807, 2.05) is 24.3 Å². The minimum atomic E-state index is -0.924. The number of aromatic nitrogens is 2. The molecule has 20 heavy (non-hydrogen) atoms. The first-order valence-corrected chi connectivity index (χ1v) is 6.77. The second-order valence-corrected chi connectivity index (χ2v) is 5.22. The Balaban J connectivity index is 1.87. The highest BCUT2D eigenvalue weighted by atomic mass is 32.2. The van der Waals surface area contributed by atoms with E-state index in [0.717, 1.165) is 21.0 Å². The van der Waals surface area contributed by atoms with Crippen molar-refractivity contribution >= 4 is 28.8 Å². The van der Waals surface area contributed by atoms with Crippen molar-refractivity contribution in [2.45, 2.75) is 9.92 Å². The van der Waals surface area contributed by atoms with Crippen LogP contribution in [0.1, 0.15) is 10.4 Å². The Hall–Kier alpha value is -2.40. The molecule has 0 amide bonds. The number of carboxylic acids is 1. The monoisotopic (exact) mass is 282 g/mol. The molecule has 1 N–H and O–H groups in total. The van der Waals surface area contributed by atoms with Crippen LogP contribution in [0.15, 0.2) is 64.6 Å². The van der Waals surface area contributed by atoms with E-state index >= 15 is 0 Å². The smallest absolute Gasteiger partial charge is 0.335 e. The highest BCUT2D eigenvalue weighted by Gasteiger charge is 2.04. The van der Waals surface area contributed by atoms with Gasteiger partial charge in [0.15, 0.2) is 0 Å². The topological polar surface area (TPSA) is 63.1 Å². The molecule has 0 fully saturated rings. The number of nitrogens with zero attached hydrogens (tertiary/aromatic N) is 2. The lowest BCUT2D eigenvalue weighted by Gasteiger charge is -2.02. The molecule has 0 aliphatic carbocycles. The van der Waals surface area contributed by atoms with Gasteiger partial charge in [-0.2, -0.15) is 0 Å². The Morgan fingerprint density at radius 3 is 2.40 bits per heavy atom. The molecule has 0 aliphatic rings. The van der Waals surface area contributed by atoms with Gasteiger partial charge in [-0.15, -0.1) is 0 Å². The van der Waals surface area contributed by atoms with Gasteiger partial charge in [-0.05, 0) is 36.4 Å². The second kappa shape index (κ2) is 5.30. The fourth-order valence-electron chi connectivity index (χ4n) is 1.78. The fourth-order valence-corrected chi connectivity index (χ4v) is 2.54. The van der Waals surface area contributed by atoms with E-state index in [-0.39, 0.29) is 5.56 Å². The summed E-state index contributed by atoms with van der Waals surface area (Å²) in [6.45, 7) is 0. The van der Waals surface area contributed by atoms with Crippen LogP contribution in [0.3, 0.4) is 0 Å². The molecule has 2 aromatic carbocycles. The zero-order chi connectivity index (χ0) is 13.9. The summed E-state index contributed by atoms with van der Waals surface area (Å²) in [5.41, 5.74) is 1.98. The highest BCUT2D eigenvalue weighted by molar-refractivity contribution is 7.99. The van der Waals surface area contributed by atoms with Crippen LogP contribution < -0.4 is 0 Å². The van der Waals surface area contributed by atoms with Crippen LogP contribution in [0, 0.1) is 0 Å². The Morgan fingerprint density at radius 1 is 1.00 bits per heavy atom. The molecule has 0 saturated carbocycles. The molecule has 1 heterocycles. The molecule has 0 radical (unpaired) electrons. The van der Waals surface area contributed by atoms with Crippen molar-refractivity contribution in [1.29, 1.82) is 0 Å². The fraction of sp³-hybridized carbons (Fsp3) is 0. The van der Waals surface area contributed by atoms with Crippen molar-refractivity contribution < 1.29 is 9.90 Å². The van der Waals surface area contributed by atoms with Crippen molar-refractivity contribution in [3.63, 3.8) is 0 Å². The van der Waals surface area contributed by atoms with Gasteiger partial charge in [0.05, 0.1) is 22.8 Å². The van der Waals surface area contributed by atoms with Crippen molar-refractivity contribution in [3.8, 4) is 0 Å². The van der Waals surface area contributed by atoms with Crippen LogP contribution in [-0.4, -0.2) is 21.0 Å². The van der Waals surface area contributed by atoms with Gasteiger partial charge in [0.2, 0.25) is 0 Å². The maximum Gasteiger partial charge on any atom is 0.335 e. The van der Waals surface area contributed by atoms with Crippen LogP contribution in [0.2, 0.25) is 0 Å². The minimum Gasteiger partial charge on any atom is -0.478 e. The molecule has 3 rings (SSSR count). The van der Waals surface area contributed by atoms with E-state index in [1.54, 1.807) is 30.5 Å². The second-order valence-electron chi connectivity index (χ2n) is 4.13. The zero-order valence-corrected chi connectivity index (χ0v) is 11.2. The molecule has 1 aromatic heterocycles. The van der Waals surface area contributed by atoms with E-state index in [9.17, 15) is 4.79 Å². The van der Waals surface area contributed by atoms with Crippen molar-refractivity contribution in [1.82, 2.24) is 9.97 Å². The summed E-state index contributed by atoms with van der Waals surface area (Å²) in [6, 6.07) is 14.4. The van der Waals surface area contributed by atoms with Gasteiger partial charge in [0, 0.05) is 4.90 Å². The van der Waals surface area contributed by atoms with Gasteiger partial charge < -0.3 is 5.11 Å². The lowest BCUT2D eigenvalue weighted by Crippen LogP contribution is -1.94. The Morgan fingerprint density at radius 2 is 1.70 bits per heavy atom. The molecule has 5 heteroatoms. The van der Waals surface area contributed by atoms with Crippen molar-refractivity contribution in [2.24, 2.45) is 0 Å². The maximum atomic E-state index is 10.8. The first kappa shape index (κ1) is 12.6. The molecule has 0 atom stereocenters. The minimum absolute atomic E-state index is 0.277. The van der Waals surface area contributed by atoms with E-state index in [0.29, 0.717) is 0 Å². The number of fused-ring (bicyclic) bond motifs is 1. The lowest BCUT2D eigenvalue weighted by molar-refractivity contribution is 0.0697. The van der Waals surface area contributed by atoms with E-state index in [4.69, 9.17) is 5.11 Å². The van der Waals surface area contributed by atoms with Crippen LogP contribution in [0.25, 0.3) is 11.0 Å². The molecular formula is C15H10N2O2S. The molecular weight excluding hydrogens is 272 g/mol. The Bertz CT molecular complexity index is 772. The summed E-state index contributed by atoms with van der Waals surface area (Å²) in [5, 5.41) is 9.64. The number of aromatic carboxylic acids is 1. The summed E-state index contributed by atoms with van der Waals surface area (Å²) in [4.78, 5) is 20.6. The number of hydrogen-bond acceptors (Lipinski definition) is 4. The van der Waals surface area contributed by atoms with Gasteiger partial charge >= 0.3 is 5.97 Å². The molecule has 0 aliphatic heterocycles. The third kappa shape index (κ3) is 2.62. The third-order valence-electron chi connectivity index (χ3n) is 2.75. The van der Waals surface area contributed by atoms with E-state index in [2.05, 4.69) is 9.97 Å². The average Bonchev–Trinajstić information content (AvgIpc) is 2.48. The van der Waals surface area contributed by atoms with Crippen LogP contribution >= 0.6 is 11.8 Å². The third-order valence-corrected chi connectivity index (χ3v) is 3.66. The van der Waals surface area contributed by atoms with Gasteiger partial charge in [-0.1, -0.05) is 23.9 Å². The molecule has 3 aromatic rings. The average molecular weight is 282 g/mol. The predicted molar refractivity (Wildman–Crippen MR) is 77.1 cm³/mol. The summed E-state index contributed by atoms with van der Waals surface area (Å²) in [5.74, 6) is -0.924. The molecule has 98 valence electrons. The van der Waals surface area contributed by atoms with Gasteiger partial charge in [0.25, 0.3) is 0 Å². The van der Waals surface area contributed by atoms with Crippen LogP contribution in [0.5, 0.6) is 0 Å². The predicted octanol–water partition coefficient (Wildman–Crippen LogP) is 3.48. The highest BCUT2D eigenvalue weighted by Crippen LogP contribution is 2.26. The van der Waals surface area contributed by atoms with E-state index < -0.39 is 5.97 Å². The van der Waals surface area contributed by atoms with Gasteiger partial charge in [-0.25, -0.2) is 9.78 Å². The summed E-state index contributed by atoms with van der Waals surface area (Å²) in [7, 11) is 0. The van der Waals surface area contributed by atoms with Crippen LogP contribution in [-0.2, 0) is 0 Å². The first-order chi connectivity index (χ1) is 9.72. The molecule has 4 nitrogen and oxygen atoms in total. The lowest BCUT2D eigenvalue weighted by atomic mass is 10.2. The van der Waals surface area contributed by atoms with E-state index in [1.165, 1.54) is 11.8 Å². The summed E-state index contributed by atoms with van der Waals surface area (Å²) < 4.78 is 0. The van der Waals surface area contributed by atoms with Crippen molar-refractivity contribution in [2.75, 3.05) is 0 Å².